The molecule has 2 atom stereocenters. The van der Waals surface area contributed by atoms with E-state index in [2.05, 4.69) is 0 Å². The monoisotopic (exact) mass is 359 g/mol. The number of carbonyl (C=O) groups is 1. The number of β-amino-alcohol motifs (C(OH)–C–C–N with tert-alkyl or cyclic N) is 1. The van der Waals surface area contributed by atoms with Crippen LogP contribution in [0.25, 0.3) is 0 Å². The van der Waals surface area contributed by atoms with Gasteiger partial charge >= 0.3 is 0 Å². The molecule has 4 nitrogen and oxygen atoms in total. The van der Waals surface area contributed by atoms with Gasteiger partial charge < -0.3 is 15.1 Å². The molecule has 27 heavy (non-hydrogen) atoms. The average Bonchev–Trinajstić information content (AvgIpc) is 2.91. The Kier molecular flexibility index (Phi) is 4.52. The second kappa shape index (κ2) is 6.99. The van der Waals surface area contributed by atoms with Gasteiger partial charge in [0.1, 0.15) is 0 Å². The summed E-state index contributed by atoms with van der Waals surface area (Å²) in [5.41, 5.74) is 1.20. The zero-order chi connectivity index (χ0) is 18.9. The van der Waals surface area contributed by atoms with E-state index in [1.165, 1.54) is 4.90 Å². The molecule has 0 aliphatic carbocycles. The summed E-state index contributed by atoms with van der Waals surface area (Å²) >= 11 is 0. The maximum absolute atomic E-state index is 13.0. The third-order valence-corrected chi connectivity index (χ3v) is 5.11. The van der Waals surface area contributed by atoms with Crippen molar-refractivity contribution >= 4 is 5.91 Å². The largest absolute Gasteiger partial charge is 0.387 e. The predicted octanol–water partition coefficient (Wildman–Crippen LogP) is 3.26. The Morgan fingerprint density at radius 2 is 1.44 bits per heavy atom. The SMILES string of the molecule is O=C1c2ccccc2C(O)(Cc2ccccc2)N1CC(O)c1ccccc1. The standard InChI is InChI=1S/C23H21NO3/c25-21(18-11-5-2-6-12-18)16-24-22(26)19-13-7-8-14-20(19)23(24,27)15-17-9-3-1-4-10-17/h1-14,21,25,27H,15-16H2. The van der Waals surface area contributed by atoms with E-state index >= 15 is 0 Å². The maximum atomic E-state index is 13.0. The molecular weight excluding hydrogens is 338 g/mol. The minimum atomic E-state index is -1.50. The smallest absolute Gasteiger partial charge is 0.256 e. The number of amides is 1. The average molecular weight is 359 g/mol. The van der Waals surface area contributed by atoms with Crippen molar-refractivity contribution in [1.82, 2.24) is 4.90 Å². The highest BCUT2D eigenvalue weighted by Crippen LogP contribution is 2.40. The Balaban J connectivity index is 1.71. The molecule has 3 aromatic rings. The Bertz CT molecular complexity index is 942. The number of hydrogen-bond acceptors (Lipinski definition) is 3. The van der Waals surface area contributed by atoms with Crippen LogP contribution in [0.15, 0.2) is 84.9 Å². The molecule has 0 radical (unpaired) electrons. The van der Waals surface area contributed by atoms with Gasteiger partial charge in [0.25, 0.3) is 5.91 Å². The van der Waals surface area contributed by atoms with E-state index in [0.717, 1.165) is 5.56 Å². The number of benzene rings is 3. The third-order valence-electron chi connectivity index (χ3n) is 5.11. The Labute approximate surface area is 158 Å². The van der Waals surface area contributed by atoms with Crippen molar-refractivity contribution in [3.63, 3.8) is 0 Å². The lowest BCUT2D eigenvalue weighted by atomic mass is 9.94. The van der Waals surface area contributed by atoms with Gasteiger partial charge in [0.2, 0.25) is 0 Å². The minimum absolute atomic E-state index is 0.0147. The number of hydrogen-bond donors (Lipinski definition) is 2. The third kappa shape index (κ3) is 3.14. The molecule has 3 aromatic carbocycles. The van der Waals surface area contributed by atoms with Gasteiger partial charge in [0.15, 0.2) is 5.72 Å². The highest BCUT2D eigenvalue weighted by Gasteiger charge is 2.48. The minimum Gasteiger partial charge on any atom is -0.387 e. The molecule has 0 fully saturated rings. The summed E-state index contributed by atoms with van der Waals surface area (Å²) in [4.78, 5) is 14.4. The summed E-state index contributed by atoms with van der Waals surface area (Å²) < 4.78 is 0. The first kappa shape index (κ1) is 17.5. The van der Waals surface area contributed by atoms with Gasteiger partial charge in [-0.15, -0.1) is 0 Å². The summed E-state index contributed by atoms with van der Waals surface area (Å²) in [5, 5.41) is 22.3. The van der Waals surface area contributed by atoms with Gasteiger partial charge in [-0.25, -0.2) is 0 Å². The van der Waals surface area contributed by atoms with Crippen LogP contribution in [0.1, 0.15) is 33.2 Å². The molecule has 1 aliphatic heterocycles. The molecule has 0 aromatic heterocycles. The maximum Gasteiger partial charge on any atom is 0.256 e. The van der Waals surface area contributed by atoms with Gasteiger partial charge in [-0.3, -0.25) is 4.79 Å². The van der Waals surface area contributed by atoms with Crippen molar-refractivity contribution < 1.29 is 15.0 Å². The summed E-state index contributed by atoms with van der Waals surface area (Å²) in [6.07, 6.45) is -0.621. The molecule has 0 bridgehead atoms. The Morgan fingerprint density at radius 3 is 2.15 bits per heavy atom. The molecule has 1 heterocycles. The predicted molar refractivity (Wildman–Crippen MR) is 103 cm³/mol. The van der Waals surface area contributed by atoms with E-state index in [-0.39, 0.29) is 18.9 Å². The van der Waals surface area contributed by atoms with Crippen LogP contribution in [0, 0.1) is 0 Å². The van der Waals surface area contributed by atoms with Gasteiger partial charge in [0, 0.05) is 17.5 Å². The van der Waals surface area contributed by atoms with E-state index in [1.54, 1.807) is 18.2 Å². The molecule has 4 heteroatoms. The molecule has 1 amide bonds. The van der Waals surface area contributed by atoms with E-state index in [1.807, 2.05) is 66.7 Å². The van der Waals surface area contributed by atoms with Gasteiger partial charge in [0.05, 0.1) is 12.6 Å². The fourth-order valence-corrected chi connectivity index (χ4v) is 3.74. The number of aliphatic hydroxyl groups is 2. The van der Waals surface area contributed by atoms with Gasteiger partial charge in [-0.1, -0.05) is 78.9 Å². The van der Waals surface area contributed by atoms with Crippen molar-refractivity contribution in [2.24, 2.45) is 0 Å². The van der Waals surface area contributed by atoms with Crippen LogP contribution < -0.4 is 0 Å². The topological polar surface area (TPSA) is 60.8 Å². The molecule has 2 unspecified atom stereocenters. The number of rotatable bonds is 5. The lowest BCUT2D eigenvalue weighted by Crippen LogP contribution is -2.47. The van der Waals surface area contributed by atoms with Gasteiger partial charge in [-0.2, -0.15) is 0 Å². The number of nitrogens with zero attached hydrogens (tertiary/aromatic N) is 1. The van der Waals surface area contributed by atoms with E-state index in [9.17, 15) is 15.0 Å². The number of fused-ring (bicyclic) bond motifs is 1. The van der Waals surface area contributed by atoms with Crippen molar-refractivity contribution in [1.29, 1.82) is 0 Å². The van der Waals surface area contributed by atoms with Crippen molar-refractivity contribution in [3.8, 4) is 0 Å². The number of aliphatic hydroxyl groups excluding tert-OH is 1. The summed E-state index contributed by atoms with van der Waals surface area (Å²) in [6, 6.07) is 25.9. The van der Waals surface area contributed by atoms with Crippen molar-refractivity contribution in [2.75, 3.05) is 6.54 Å². The highest BCUT2D eigenvalue weighted by molar-refractivity contribution is 5.99. The fraction of sp³-hybridized carbons (Fsp3) is 0.174. The first-order chi connectivity index (χ1) is 13.1. The highest BCUT2D eigenvalue weighted by atomic mass is 16.3. The lowest BCUT2D eigenvalue weighted by molar-refractivity contribution is -0.0962. The van der Waals surface area contributed by atoms with E-state index in [4.69, 9.17) is 0 Å². The second-order valence-corrected chi connectivity index (χ2v) is 6.87. The van der Waals surface area contributed by atoms with Crippen LogP contribution in [0.2, 0.25) is 0 Å². The van der Waals surface area contributed by atoms with Crippen LogP contribution in [0.3, 0.4) is 0 Å². The van der Waals surface area contributed by atoms with Crippen molar-refractivity contribution in [2.45, 2.75) is 18.2 Å². The normalized spacial score (nSPS) is 19.8. The Morgan fingerprint density at radius 1 is 0.852 bits per heavy atom. The molecule has 0 spiro atoms. The molecule has 0 saturated heterocycles. The molecule has 2 N–H and O–H groups in total. The molecular formula is C23H21NO3. The van der Waals surface area contributed by atoms with Crippen LogP contribution >= 0.6 is 0 Å². The van der Waals surface area contributed by atoms with Crippen LogP contribution in [0.5, 0.6) is 0 Å². The summed E-state index contributed by atoms with van der Waals surface area (Å²) in [5.74, 6) is -0.265. The number of carbonyl (C=O) groups excluding carboxylic acids is 1. The van der Waals surface area contributed by atoms with Crippen molar-refractivity contribution in [3.05, 3.63) is 107 Å². The van der Waals surface area contributed by atoms with Gasteiger partial charge in [-0.05, 0) is 17.2 Å². The molecule has 1 aliphatic rings. The van der Waals surface area contributed by atoms with Crippen LogP contribution in [0.4, 0.5) is 0 Å². The molecule has 0 saturated carbocycles. The summed E-state index contributed by atoms with van der Waals surface area (Å²) in [6.45, 7) is 0.0147. The molecule has 4 rings (SSSR count). The van der Waals surface area contributed by atoms with E-state index < -0.39 is 11.8 Å². The zero-order valence-corrected chi connectivity index (χ0v) is 14.8. The van der Waals surface area contributed by atoms with Crippen LogP contribution in [-0.4, -0.2) is 27.6 Å². The summed E-state index contributed by atoms with van der Waals surface area (Å²) in [7, 11) is 0. The lowest BCUT2D eigenvalue weighted by Gasteiger charge is -2.36. The zero-order valence-electron chi connectivity index (χ0n) is 14.8. The first-order valence-electron chi connectivity index (χ1n) is 9.00. The fourth-order valence-electron chi connectivity index (χ4n) is 3.74. The molecule has 136 valence electrons. The first-order valence-corrected chi connectivity index (χ1v) is 9.00. The second-order valence-electron chi connectivity index (χ2n) is 6.87. The quantitative estimate of drug-likeness (QED) is 0.735. The Hall–Kier alpha value is -2.95. The van der Waals surface area contributed by atoms with Crippen LogP contribution in [-0.2, 0) is 12.1 Å². The van der Waals surface area contributed by atoms with E-state index in [0.29, 0.717) is 16.7 Å².